The Labute approximate surface area is 169 Å². The van der Waals surface area contributed by atoms with Crippen molar-refractivity contribution >= 4 is 33.2 Å². The fourth-order valence-corrected chi connectivity index (χ4v) is 3.58. The number of carbonyl (C=O) groups excluding carboxylic acids is 1. The lowest BCUT2D eigenvalue weighted by Crippen LogP contribution is -2.30. The number of anilines is 1. The summed E-state index contributed by atoms with van der Waals surface area (Å²) < 4.78 is 45.5. The Morgan fingerprint density at radius 2 is 1.86 bits per heavy atom. The largest absolute Gasteiger partial charge is 0.482 e. The number of hydrogen-bond acceptors (Lipinski definition) is 4. The number of carbonyl (C=O) groups is 1. The first-order chi connectivity index (χ1) is 13.2. The molecule has 2 rings (SSSR count). The highest BCUT2D eigenvalue weighted by atomic mass is 35.5. The molecule has 0 radical (unpaired) electrons. The van der Waals surface area contributed by atoms with Gasteiger partial charge >= 0.3 is 0 Å². The fourth-order valence-electron chi connectivity index (χ4n) is 2.19. The topological polar surface area (TPSA) is 84.5 Å². The van der Waals surface area contributed by atoms with E-state index >= 15 is 0 Å². The zero-order valence-electron chi connectivity index (χ0n) is 15.5. The number of amides is 1. The third-order valence-corrected chi connectivity index (χ3v) is 5.39. The summed E-state index contributed by atoms with van der Waals surface area (Å²) >= 11 is 6.09. The van der Waals surface area contributed by atoms with Crippen LogP contribution in [0.1, 0.15) is 20.3 Å². The van der Waals surface area contributed by atoms with Crippen molar-refractivity contribution in [1.29, 1.82) is 0 Å². The molecule has 0 heterocycles. The van der Waals surface area contributed by atoms with Gasteiger partial charge in [0.15, 0.2) is 6.61 Å². The maximum absolute atomic E-state index is 12.9. The van der Waals surface area contributed by atoms with Crippen molar-refractivity contribution in [3.63, 3.8) is 0 Å². The molecule has 9 heteroatoms. The van der Waals surface area contributed by atoms with Crippen LogP contribution in [-0.2, 0) is 14.8 Å². The molecule has 0 atom stereocenters. The summed E-state index contributed by atoms with van der Waals surface area (Å²) in [6, 6.07) is 8.82. The minimum atomic E-state index is -3.91. The predicted octanol–water partition coefficient (Wildman–Crippen LogP) is 3.82. The summed E-state index contributed by atoms with van der Waals surface area (Å²) in [7, 11) is -3.91. The Hall–Kier alpha value is -2.32. The normalized spacial score (nSPS) is 11.3. The maximum atomic E-state index is 12.9. The lowest BCUT2D eigenvalue weighted by Gasteiger charge is -2.12. The highest BCUT2D eigenvalue weighted by molar-refractivity contribution is 7.92. The van der Waals surface area contributed by atoms with Crippen LogP contribution in [0.5, 0.6) is 5.75 Å². The second kappa shape index (κ2) is 9.75. The molecule has 2 aromatic rings. The Morgan fingerprint density at radius 3 is 2.46 bits per heavy atom. The molecule has 0 unspecified atom stereocenters. The molecule has 0 aliphatic rings. The molecule has 0 bridgehead atoms. The molecule has 0 aliphatic carbocycles. The van der Waals surface area contributed by atoms with E-state index in [-0.39, 0.29) is 33.9 Å². The molecule has 0 spiro atoms. The van der Waals surface area contributed by atoms with Gasteiger partial charge < -0.3 is 10.1 Å². The molecule has 28 heavy (non-hydrogen) atoms. The smallest absolute Gasteiger partial charge is 0.261 e. The molecule has 0 aliphatic heterocycles. The second-order valence-corrected chi connectivity index (χ2v) is 8.62. The van der Waals surface area contributed by atoms with E-state index in [9.17, 15) is 17.6 Å². The molecule has 2 N–H and O–H groups in total. The predicted molar refractivity (Wildman–Crippen MR) is 107 cm³/mol. The Morgan fingerprint density at radius 1 is 1.18 bits per heavy atom. The molecule has 6 nitrogen and oxygen atoms in total. The van der Waals surface area contributed by atoms with Gasteiger partial charge in [0.1, 0.15) is 11.6 Å². The average Bonchev–Trinajstić information content (AvgIpc) is 2.62. The molecular formula is C19H22ClFN2O4S. The van der Waals surface area contributed by atoms with E-state index in [1.165, 1.54) is 30.3 Å². The van der Waals surface area contributed by atoms with Crippen LogP contribution in [-0.4, -0.2) is 27.5 Å². The van der Waals surface area contributed by atoms with Crippen molar-refractivity contribution in [1.82, 2.24) is 5.32 Å². The van der Waals surface area contributed by atoms with Gasteiger partial charge in [-0.25, -0.2) is 12.8 Å². The molecule has 0 fully saturated rings. The van der Waals surface area contributed by atoms with Crippen LogP contribution in [0.3, 0.4) is 0 Å². The highest BCUT2D eigenvalue weighted by Gasteiger charge is 2.17. The third-order valence-electron chi connectivity index (χ3n) is 3.71. The summed E-state index contributed by atoms with van der Waals surface area (Å²) in [6.07, 6.45) is 0.861. The van der Waals surface area contributed by atoms with Gasteiger partial charge in [0, 0.05) is 12.2 Å². The molecule has 0 aromatic heterocycles. The van der Waals surface area contributed by atoms with E-state index in [0.29, 0.717) is 12.5 Å². The zero-order valence-corrected chi connectivity index (χ0v) is 17.1. The van der Waals surface area contributed by atoms with Gasteiger partial charge in [0.2, 0.25) is 0 Å². The maximum Gasteiger partial charge on any atom is 0.261 e. The van der Waals surface area contributed by atoms with Gasteiger partial charge in [-0.2, -0.15) is 0 Å². The molecule has 152 valence electrons. The van der Waals surface area contributed by atoms with Gasteiger partial charge in [-0.3, -0.25) is 9.52 Å². The average molecular weight is 429 g/mol. The number of benzene rings is 2. The first kappa shape index (κ1) is 22.0. The summed E-state index contributed by atoms with van der Waals surface area (Å²) in [5.41, 5.74) is 0.218. The van der Waals surface area contributed by atoms with Crippen LogP contribution in [0.4, 0.5) is 10.1 Å². The number of halogens is 2. The zero-order chi connectivity index (χ0) is 20.7. The van der Waals surface area contributed by atoms with Crippen molar-refractivity contribution in [3.05, 3.63) is 53.3 Å². The number of nitrogens with one attached hydrogen (secondary N) is 2. The molecular weight excluding hydrogens is 407 g/mol. The van der Waals surface area contributed by atoms with Crippen molar-refractivity contribution in [2.45, 2.75) is 25.2 Å². The number of rotatable bonds is 9. The third kappa shape index (κ3) is 6.69. The molecule has 1 amide bonds. The monoisotopic (exact) mass is 428 g/mol. The first-order valence-corrected chi connectivity index (χ1v) is 10.5. The van der Waals surface area contributed by atoms with Crippen LogP contribution >= 0.6 is 11.6 Å². The van der Waals surface area contributed by atoms with E-state index < -0.39 is 15.8 Å². The Kier molecular flexibility index (Phi) is 7.65. The highest BCUT2D eigenvalue weighted by Crippen LogP contribution is 2.28. The van der Waals surface area contributed by atoms with Crippen molar-refractivity contribution < 1.29 is 22.3 Å². The van der Waals surface area contributed by atoms with Crippen LogP contribution in [0, 0.1) is 11.7 Å². The summed E-state index contributed by atoms with van der Waals surface area (Å²) in [5, 5.41) is 2.78. The van der Waals surface area contributed by atoms with E-state index in [4.69, 9.17) is 16.3 Å². The number of ether oxygens (including phenoxy) is 1. The van der Waals surface area contributed by atoms with Gasteiger partial charge in [-0.05, 0) is 54.8 Å². The van der Waals surface area contributed by atoms with Crippen molar-refractivity contribution in [2.75, 3.05) is 17.9 Å². The van der Waals surface area contributed by atoms with Gasteiger partial charge in [-0.15, -0.1) is 0 Å². The number of hydrogen-bond donors (Lipinski definition) is 2. The van der Waals surface area contributed by atoms with Crippen molar-refractivity contribution in [3.8, 4) is 5.75 Å². The van der Waals surface area contributed by atoms with Crippen molar-refractivity contribution in [2.24, 2.45) is 5.92 Å². The summed E-state index contributed by atoms with van der Waals surface area (Å²) in [5.74, 6) is -0.0813. The summed E-state index contributed by atoms with van der Waals surface area (Å²) in [6.45, 7) is 4.45. The SMILES string of the molecule is CC(C)CCNC(=O)COc1ccc(S(=O)(=O)Nc2ccc(F)cc2)cc1Cl. The van der Waals surface area contributed by atoms with E-state index in [1.54, 1.807) is 0 Å². The number of sulfonamides is 1. The fraction of sp³-hybridized carbons (Fsp3) is 0.316. The molecule has 0 saturated carbocycles. The van der Waals surface area contributed by atoms with E-state index in [1.807, 2.05) is 0 Å². The van der Waals surface area contributed by atoms with Gasteiger partial charge in [0.25, 0.3) is 15.9 Å². The van der Waals surface area contributed by atoms with Crippen LogP contribution < -0.4 is 14.8 Å². The van der Waals surface area contributed by atoms with Crippen LogP contribution in [0.2, 0.25) is 5.02 Å². The summed E-state index contributed by atoms with van der Waals surface area (Å²) in [4.78, 5) is 11.7. The van der Waals surface area contributed by atoms with E-state index in [0.717, 1.165) is 18.6 Å². The quantitative estimate of drug-likeness (QED) is 0.635. The Bertz CT molecular complexity index is 918. The lowest BCUT2D eigenvalue weighted by atomic mass is 10.1. The van der Waals surface area contributed by atoms with Gasteiger partial charge in [-0.1, -0.05) is 25.4 Å². The minimum Gasteiger partial charge on any atom is -0.482 e. The van der Waals surface area contributed by atoms with Crippen LogP contribution in [0.15, 0.2) is 47.4 Å². The van der Waals surface area contributed by atoms with Gasteiger partial charge in [0.05, 0.1) is 9.92 Å². The second-order valence-electron chi connectivity index (χ2n) is 6.53. The minimum absolute atomic E-state index is 0.0527. The molecule has 0 saturated heterocycles. The molecule has 2 aromatic carbocycles. The first-order valence-electron chi connectivity index (χ1n) is 8.65. The van der Waals surface area contributed by atoms with E-state index in [2.05, 4.69) is 23.9 Å². The Balaban J connectivity index is 1.99. The lowest BCUT2D eigenvalue weighted by molar-refractivity contribution is -0.123. The standard InChI is InChI=1S/C19H22ClFN2O4S/c1-13(2)9-10-22-19(24)12-27-18-8-7-16(11-17(18)20)28(25,26)23-15-5-3-14(21)4-6-15/h3-8,11,13,23H,9-10,12H2,1-2H3,(H,22,24). The van der Waals surface area contributed by atoms with Crippen LogP contribution in [0.25, 0.3) is 0 Å².